The Labute approximate surface area is 147 Å². The van der Waals surface area contributed by atoms with Crippen LogP contribution in [0.5, 0.6) is 0 Å². The zero-order chi connectivity index (χ0) is 17.5. The van der Waals surface area contributed by atoms with E-state index in [2.05, 4.69) is 12.1 Å². The third kappa shape index (κ3) is 4.12. The fraction of sp³-hybridized carbons (Fsp3) is 0.0909. The molecule has 0 unspecified atom stereocenters. The molecule has 0 aromatic heterocycles. The molecule has 3 rings (SSSR count). The Balaban J connectivity index is 1.72. The highest BCUT2D eigenvalue weighted by atomic mass is 16.5. The van der Waals surface area contributed by atoms with E-state index < -0.39 is 0 Å². The molecule has 0 N–H and O–H groups in total. The predicted octanol–water partition coefficient (Wildman–Crippen LogP) is 4.81. The highest BCUT2D eigenvalue weighted by molar-refractivity contribution is 5.68. The molecule has 0 bridgehead atoms. The smallest absolute Gasteiger partial charge is 0.0991 e. The molecule has 3 aromatic rings. The maximum absolute atomic E-state index is 9.09. The first kappa shape index (κ1) is 16.5. The first-order valence-electron chi connectivity index (χ1n) is 7.95. The average molecular weight is 324 g/mol. The minimum atomic E-state index is 0.479. The van der Waals surface area contributed by atoms with E-state index in [0.717, 1.165) is 22.3 Å². The lowest BCUT2D eigenvalue weighted by Crippen LogP contribution is -1.96. The van der Waals surface area contributed by atoms with Gasteiger partial charge < -0.3 is 4.74 Å². The molecule has 3 aromatic carbocycles. The van der Waals surface area contributed by atoms with Crippen LogP contribution in [0.15, 0.2) is 72.8 Å². The zero-order valence-electron chi connectivity index (χ0n) is 13.6. The normalized spacial score (nSPS) is 10.0. The van der Waals surface area contributed by atoms with Crippen LogP contribution in [0.25, 0.3) is 11.1 Å². The Bertz CT molecular complexity index is 947. The summed E-state index contributed by atoms with van der Waals surface area (Å²) >= 11 is 0. The second-order valence-electron chi connectivity index (χ2n) is 5.65. The molecular weight excluding hydrogens is 308 g/mol. The summed E-state index contributed by atoms with van der Waals surface area (Å²) in [5.74, 6) is 0. The van der Waals surface area contributed by atoms with Gasteiger partial charge in [0.25, 0.3) is 0 Å². The van der Waals surface area contributed by atoms with E-state index in [9.17, 15) is 0 Å². The Morgan fingerprint density at radius 2 is 1.48 bits per heavy atom. The van der Waals surface area contributed by atoms with E-state index in [4.69, 9.17) is 15.3 Å². The second kappa shape index (κ2) is 7.93. The summed E-state index contributed by atoms with van der Waals surface area (Å²) in [6.07, 6.45) is 0. The second-order valence-corrected chi connectivity index (χ2v) is 5.65. The maximum atomic E-state index is 9.09. The number of ether oxygens (including phenoxy) is 1. The van der Waals surface area contributed by atoms with E-state index in [1.165, 1.54) is 0 Å². The van der Waals surface area contributed by atoms with Crippen molar-refractivity contribution in [3.05, 3.63) is 95.1 Å². The summed E-state index contributed by atoms with van der Waals surface area (Å²) in [5, 5.41) is 17.9. The molecule has 0 aliphatic carbocycles. The lowest BCUT2D eigenvalue weighted by molar-refractivity contribution is 0.107. The molecule has 0 amide bonds. The quantitative estimate of drug-likeness (QED) is 0.676. The number of rotatable bonds is 5. The van der Waals surface area contributed by atoms with Gasteiger partial charge in [0, 0.05) is 0 Å². The van der Waals surface area contributed by atoms with Crippen LogP contribution in [0, 0.1) is 22.7 Å². The molecule has 0 saturated heterocycles. The molecule has 0 spiro atoms. The Kier molecular flexibility index (Phi) is 5.22. The molecule has 0 saturated carbocycles. The number of nitriles is 2. The predicted molar refractivity (Wildman–Crippen MR) is 96.2 cm³/mol. The molecular formula is C22H16N2O. The Morgan fingerprint density at radius 1 is 0.720 bits per heavy atom. The van der Waals surface area contributed by atoms with Gasteiger partial charge in [-0.3, -0.25) is 0 Å². The van der Waals surface area contributed by atoms with Crippen molar-refractivity contribution in [3.63, 3.8) is 0 Å². The molecule has 0 fully saturated rings. The van der Waals surface area contributed by atoms with Crippen molar-refractivity contribution in [2.45, 2.75) is 13.2 Å². The van der Waals surface area contributed by atoms with Crippen molar-refractivity contribution in [1.82, 2.24) is 0 Å². The van der Waals surface area contributed by atoms with Crippen LogP contribution in [0.3, 0.4) is 0 Å². The SMILES string of the molecule is N#Cc1ccc(COCc2ccccc2-c2cccc(C#N)c2)cc1. The third-order valence-electron chi connectivity index (χ3n) is 3.93. The van der Waals surface area contributed by atoms with Gasteiger partial charge in [-0.05, 0) is 46.5 Å². The van der Waals surface area contributed by atoms with Crippen LogP contribution < -0.4 is 0 Å². The van der Waals surface area contributed by atoms with Crippen LogP contribution in [0.2, 0.25) is 0 Å². The van der Waals surface area contributed by atoms with Gasteiger partial charge in [0.15, 0.2) is 0 Å². The van der Waals surface area contributed by atoms with E-state index >= 15 is 0 Å². The lowest BCUT2D eigenvalue weighted by Gasteiger charge is -2.11. The van der Waals surface area contributed by atoms with Gasteiger partial charge in [0.2, 0.25) is 0 Å². The summed E-state index contributed by atoms with van der Waals surface area (Å²) in [6, 6.07) is 27.3. The van der Waals surface area contributed by atoms with Gasteiger partial charge in [0.05, 0.1) is 36.5 Å². The molecule has 3 heteroatoms. The minimum Gasteiger partial charge on any atom is -0.372 e. The highest BCUT2D eigenvalue weighted by Crippen LogP contribution is 2.25. The highest BCUT2D eigenvalue weighted by Gasteiger charge is 2.06. The number of benzene rings is 3. The Morgan fingerprint density at radius 3 is 2.24 bits per heavy atom. The standard InChI is InChI=1S/C22H16N2O/c23-13-17-8-10-18(11-9-17)15-25-16-21-5-1-2-7-22(21)20-6-3-4-19(12-20)14-24/h1-12H,15-16H2. The monoisotopic (exact) mass is 324 g/mol. The molecule has 3 nitrogen and oxygen atoms in total. The van der Waals surface area contributed by atoms with Crippen molar-refractivity contribution in [2.75, 3.05) is 0 Å². The largest absolute Gasteiger partial charge is 0.372 e. The first-order valence-corrected chi connectivity index (χ1v) is 7.95. The summed E-state index contributed by atoms with van der Waals surface area (Å²) in [4.78, 5) is 0. The van der Waals surface area contributed by atoms with E-state index in [1.54, 1.807) is 18.2 Å². The number of hydrogen-bond donors (Lipinski definition) is 0. The topological polar surface area (TPSA) is 56.8 Å². The molecule has 120 valence electrons. The van der Waals surface area contributed by atoms with E-state index in [0.29, 0.717) is 24.3 Å². The third-order valence-corrected chi connectivity index (χ3v) is 3.93. The minimum absolute atomic E-state index is 0.479. The Hall–Kier alpha value is -3.40. The van der Waals surface area contributed by atoms with Crippen molar-refractivity contribution in [3.8, 4) is 23.3 Å². The van der Waals surface area contributed by atoms with Gasteiger partial charge >= 0.3 is 0 Å². The molecule has 0 heterocycles. The number of hydrogen-bond acceptors (Lipinski definition) is 3. The van der Waals surface area contributed by atoms with Crippen molar-refractivity contribution >= 4 is 0 Å². The van der Waals surface area contributed by atoms with E-state index in [-0.39, 0.29) is 0 Å². The maximum Gasteiger partial charge on any atom is 0.0991 e. The summed E-state index contributed by atoms with van der Waals surface area (Å²) < 4.78 is 5.85. The average Bonchev–Trinajstić information content (AvgIpc) is 2.69. The molecule has 0 radical (unpaired) electrons. The van der Waals surface area contributed by atoms with E-state index in [1.807, 2.05) is 54.6 Å². The van der Waals surface area contributed by atoms with Gasteiger partial charge in [-0.2, -0.15) is 10.5 Å². The number of nitrogens with zero attached hydrogens (tertiary/aromatic N) is 2. The fourth-order valence-corrected chi connectivity index (χ4v) is 2.64. The van der Waals surface area contributed by atoms with Gasteiger partial charge in [-0.15, -0.1) is 0 Å². The van der Waals surface area contributed by atoms with Gasteiger partial charge in [0.1, 0.15) is 0 Å². The van der Waals surface area contributed by atoms with Crippen LogP contribution in [-0.4, -0.2) is 0 Å². The molecule has 0 aliphatic rings. The summed E-state index contributed by atoms with van der Waals surface area (Å²) in [5.41, 5.74) is 5.47. The van der Waals surface area contributed by atoms with Crippen LogP contribution in [0.4, 0.5) is 0 Å². The lowest BCUT2D eigenvalue weighted by atomic mass is 9.99. The fourth-order valence-electron chi connectivity index (χ4n) is 2.64. The summed E-state index contributed by atoms with van der Waals surface area (Å²) in [7, 11) is 0. The van der Waals surface area contributed by atoms with Gasteiger partial charge in [-0.25, -0.2) is 0 Å². The molecule has 0 atom stereocenters. The van der Waals surface area contributed by atoms with Crippen molar-refractivity contribution in [2.24, 2.45) is 0 Å². The van der Waals surface area contributed by atoms with Crippen LogP contribution in [-0.2, 0) is 18.0 Å². The first-order chi connectivity index (χ1) is 12.3. The van der Waals surface area contributed by atoms with Crippen molar-refractivity contribution in [1.29, 1.82) is 10.5 Å². The van der Waals surface area contributed by atoms with Gasteiger partial charge in [-0.1, -0.05) is 48.5 Å². The van der Waals surface area contributed by atoms with Crippen LogP contribution in [0.1, 0.15) is 22.3 Å². The molecule has 0 aliphatic heterocycles. The molecule has 25 heavy (non-hydrogen) atoms. The summed E-state index contributed by atoms with van der Waals surface area (Å²) in [6.45, 7) is 0.964. The van der Waals surface area contributed by atoms with Crippen molar-refractivity contribution < 1.29 is 4.74 Å². The van der Waals surface area contributed by atoms with Crippen LogP contribution >= 0.6 is 0 Å². The zero-order valence-corrected chi connectivity index (χ0v) is 13.6.